The maximum absolute atomic E-state index is 11.5. The molecule has 6 nitrogen and oxygen atoms in total. The summed E-state index contributed by atoms with van der Waals surface area (Å²) in [6.07, 6.45) is 3.18. The number of benzene rings is 3. The molecule has 0 saturated heterocycles. The number of aromatic carboxylic acids is 1. The Morgan fingerprint density at radius 3 is 2.73 bits per heavy atom. The van der Waals surface area contributed by atoms with Crippen molar-refractivity contribution in [1.29, 1.82) is 0 Å². The molecule has 0 aliphatic carbocycles. The molecule has 0 radical (unpaired) electrons. The third-order valence-electron chi connectivity index (χ3n) is 5.65. The normalized spacial score (nSPS) is 10.8. The first-order valence-corrected chi connectivity index (χ1v) is 11.1. The minimum absolute atomic E-state index is 0.144. The highest BCUT2D eigenvalue weighted by Gasteiger charge is 2.14. The van der Waals surface area contributed by atoms with Gasteiger partial charge in [-0.3, -0.25) is 0 Å². The second-order valence-electron chi connectivity index (χ2n) is 7.90. The molecule has 0 atom stereocenters. The highest BCUT2D eigenvalue weighted by atomic mass is 16.5. The van der Waals surface area contributed by atoms with Crippen molar-refractivity contribution < 1.29 is 14.6 Å². The summed E-state index contributed by atoms with van der Waals surface area (Å²) in [5.74, 6) is 0.0558. The molecule has 0 amide bonds. The van der Waals surface area contributed by atoms with E-state index in [1.54, 1.807) is 18.2 Å². The van der Waals surface area contributed by atoms with Crippen LogP contribution in [0.25, 0.3) is 22.0 Å². The monoisotopic (exact) mass is 441 g/mol. The average Bonchev–Trinajstić information content (AvgIpc) is 2.84. The zero-order chi connectivity index (χ0) is 23.2. The van der Waals surface area contributed by atoms with Crippen molar-refractivity contribution in [1.82, 2.24) is 9.97 Å². The number of carboxylic acids is 1. The van der Waals surface area contributed by atoms with Crippen LogP contribution in [0.4, 0.5) is 5.82 Å². The number of carboxylic acid groups (broad SMARTS) is 1. The standard InChI is InChI=1S/C27H27N3O3/c1-3-14-33-25-15-21(10-11-23(25)27(31)32)24-16-26(30-17-29-24)28-13-12-19-8-9-20-6-4-5-7-22(20)18(19)2/h4-11,15-17H,3,12-14H2,1-2H3,(H,31,32)(H,28,29,30). The summed E-state index contributed by atoms with van der Waals surface area (Å²) in [5, 5.41) is 15.3. The number of aromatic nitrogens is 2. The van der Waals surface area contributed by atoms with E-state index in [1.807, 2.05) is 13.0 Å². The van der Waals surface area contributed by atoms with E-state index in [9.17, 15) is 9.90 Å². The van der Waals surface area contributed by atoms with E-state index < -0.39 is 5.97 Å². The fraction of sp³-hybridized carbons (Fsp3) is 0.222. The molecule has 1 heterocycles. The van der Waals surface area contributed by atoms with Crippen molar-refractivity contribution in [3.63, 3.8) is 0 Å². The van der Waals surface area contributed by atoms with Gasteiger partial charge in [0, 0.05) is 18.2 Å². The molecule has 0 bridgehead atoms. The molecular formula is C27H27N3O3. The van der Waals surface area contributed by atoms with Crippen LogP contribution in [-0.4, -0.2) is 34.2 Å². The van der Waals surface area contributed by atoms with Gasteiger partial charge in [-0.05, 0) is 53.8 Å². The summed E-state index contributed by atoms with van der Waals surface area (Å²) >= 11 is 0. The van der Waals surface area contributed by atoms with E-state index in [1.165, 1.54) is 28.2 Å². The molecule has 4 rings (SSSR count). The minimum Gasteiger partial charge on any atom is -0.493 e. The van der Waals surface area contributed by atoms with Crippen LogP contribution in [0, 0.1) is 6.92 Å². The molecule has 1 aromatic heterocycles. The molecule has 0 unspecified atom stereocenters. The van der Waals surface area contributed by atoms with Gasteiger partial charge in [-0.15, -0.1) is 0 Å². The van der Waals surface area contributed by atoms with E-state index in [2.05, 4.69) is 58.6 Å². The Balaban J connectivity index is 1.48. The van der Waals surface area contributed by atoms with Gasteiger partial charge in [0.1, 0.15) is 23.5 Å². The maximum atomic E-state index is 11.5. The maximum Gasteiger partial charge on any atom is 0.339 e. The number of nitrogens with zero attached hydrogens (tertiary/aromatic N) is 2. The van der Waals surface area contributed by atoms with Crippen LogP contribution in [0.3, 0.4) is 0 Å². The number of ether oxygens (including phenoxy) is 1. The van der Waals surface area contributed by atoms with E-state index in [4.69, 9.17) is 4.74 Å². The Kier molecular flexibility index (Phi) is 6.83. The van der Waals surface area contributed by atoms with E-state index in [-0.39, 0.29) is 5.56 Å². The van der Waals surface area contributed by atoms with Crippen molar-refractivity contribution in [2.45, 2.75) is 26.7 Å². The van der Waals surface area contributed by atoms with Crippen molar-refractivity contribution in [2.24, 2.45) is 0 Å². The Morgan fingerprint density at radius 1 is 1.06 bits per heavy atom. The van der Waals surface area contributed by atoms with Crippen molar-refractivity contribution >= 4 is 22.6 Å². The average molecular weight is 442 g/mol. The van der Waals surface area contributed by atoms with Gasteiger partial charge in [-0.2, -0.15) is 0 Å². The largest absolute Gasteiger partial charge is 0.493 e. The molecule has 3 aromatic carbocycles. The van der Waals surface area contributed by atoms with Gasteiger partial charge < -0.3 is 15.2 Å². The zero-order valence-corrected chi connectivity index (χ0v) is 18.8. The van der Waals surface area contributed by atoms with E-state index in [0.29, 0.717) is 18.1 Å². The summed E-state index contributed by atoms with van der Waals surface area (Å²) in [7, 11) is 0. The Hall–Kier alpha value is -3.93. The van der Waals surface area contributed by atoms with Gasteiger partial charge in [-0.1, -0.05) is 49.4 Å². The number of anilines is 1. The van der Waals surface area contributed by atoms with Crippen molar-refractivity contribution in [2.75, 3.05) is 18.5 Å². The topological polar surface area (TPSA) is 84.3 Å². The van der Waals surface area contributed by atoms with Crippen LogP contribution in [-0.2, 0) is 6.42 Å². The van der Waals surface area contributed by atoms with Crippen molar-refractivity contribution in [3.8, 4) is 17.0 Å². The summed E-state index contributed by atoms with van der Waals surface area (Å²) in [5.41, 5.74) is 4.23. The lowest BCUT2D eigenvalue weighted by Gasteiger charge is -2.12. The Labute approximate surface area is 193 Å². The van der Waals surface area contributed by atoms with E-state index >= 15 is 0 Å². The first-order chi connectivity index (χ1) is 16.1. The SMILES string of the molecule is CCCOc1cc(-c2cc(NCCc3ccc4ccccc4c3C)ncn2)ccc1C(=O)O. The molecule has 0 saturated carbocycles. The lowest BCUT2D eigenvalue weighted by atomic mass is 9.98. The number of nitrogens with one attached hydrogen (secondary N) is 1. The van der Waals surface area contributed by atoms with Crippen LogP contribution >= 0.6 is 0 Å². The number of fused-ring (bicyclic) bond motifs is 1. The third kappa shape index (κ3) is 5.12. The number of rotatable bonds is 9. The van der Waals surface area contributed by atoms with Crippen LogP contribution < -0.4 is 10.1 Å². The second-order valence-corrected chi connectivity index (χ2v) is 7.90. The molecule has 6 heteroatoms. The van der Waals surface area contributed by atoms with Crippen LogP contribution in [0.5, 0.6) is 5.75 Å². The van der Waals surface area contributed by atoms with Gasteiger partial charge in [0.2, 0.25) is 0 Å². The molecule has 168 valence electrons. The molecule has 0 spiro atoms. The zero-order valence-electron chi connectivity index (χ0n) is 18.8. The van der Waals surface area contributed by atoms with Gasteiger partial charge in [0.25, 0.3) is 0 Å². The van der Waals surface area contributed by atoms with Crippen LogP contribution in [0.15, 0.2) is 67.0 Å². The smallest absolute Gasteiger partial charge is 0.339 e. The fourth-order valence-electron chi connectivity index (χ4n) is 3.87. The fourth-order valence-corrected chi connectivity index (χ4v) is 3.87. The van der Waals surface area contributed by atoms with Gasteiger partial charge >= 0.3 is 5.97 Å². The summed E-state index contributed by atoms with van der Waals surface area (Å²) in [6, 6.07) is 19.7. The molecule has 2 N–H and O–H groups in total. The van der Waals surface area contributed by atoms with Crippen LogP contribution in [0.2, 0.25) is 0 Å². The quantitative estimate of drug-likeness (QED) is 0.344. The molecule has 0 fully saturated rings. The Morgan fingerprint density at radius 2 is 1.91 bits per heavy atom. The first-order valence-electron chi connectivity index (χ1n) is 11.1. The minimum atomic E-state index is -1.01. The lowest BCUT2D eigenvalue weighted by Crippen LogP contribution is -2.08. The van der Waals surface area contributed by atoms with Crippen LogP contribution in [0.1, 0.15) is 34.8 Å². The van der Waals surface area contributed by atoms with Gasteiger partial charge in [0.05, 0.1) is 12.3 Å². The number of hydrogen-bond acceptors (Lipinski definition) is 5. The van der Waals surface area contributed by atoms with E-state index in [0.717, 1.165) is 30.8 Å². The summed E-state index contributed by atoms with van der Waals surface area (Å²) in [6.45, 7) is 5.33. The molecular weight excluding hydrogens is 414 g/mol. The molecule has 0 aliphatic rings. The number of carbonyl (C=O) groups is 1. The predicted molar refractivity (Wildman–Crippen MR) is 131 cm³/mol. The van der Waals surface area contributed by atoms with Gasteiger partial charge in [-0.25, -0.2) is 14.8 Å². The highest BCUT2D eigenvalue weighted by molar-refractivity contribution is 5.92. The molecule has 33 heavy (non-hydrogen) atoms. The number of aryl methyl sites for hydroxylation is 1. The molecule has 4 aromatic rings. The number of hydrogen-bond donors (Lipinski definition) is 2. The summed E-state index contributed by atoms with van der Waals surface area (Å²) < 4.78 is 5.66. The first kappa shape index (κ1) is 22.3. The van der Waals surface area contributed by atoms with Gasteiger partial charge in [0.15, 0.2) is 0 Å². The highest BCUT2D eigenvalue weighted by Crippen LogP contribution is 2.28. The summed E-state index contributed by atoms with van der Waals surface area (Å²) in [4.78, 5) is 20.2. The Bertz CT molecular complexity index is 1290. The second kappa shape index (κ2) is 10.1. The molecule has 0 aliphatic heterocycles. The third-order valence-corrected chi connectivity index (χ3v) is 5.65. The van der Waals surface area contributed by atoms with Crippen molar-refractivity contribution in [3.05, 3.63) is 83.7 Å². The lowest BCUT2D eigenvalue weighted by molar-refractivity contribution is 0.0692. The predicted octanol–water partition coefficient (Wildman–Crippen LogP) is 5.75.